The number of benzene rings is 4. The maximum Gasteiger partial charge on any atom is 0.362 e. The first-order chi connectivity index (χ1) is 15.6. The molecule has 0 spiro atoms. The van der Waals surface area contributed by atoms with Gasteiger partial charge in [-0.3, -0.25) is 4.79 Å². The molecular formula is C25H19N3O4. The Morgan fingerprint density at radius 3 is 2.19 bits per heavy atom. The number of amides is 1. The smallest absolute Gasteiger partial charge is 0.362 e. The summed E-state index contributed by atoms with van der Waals surface area (Å²) in [6, 6.07) is 26.4. The summed E-state index contributed by atoms with van der Waals surface area (Å²) in [4.78, 5) is 29.5. The number of nitrogens with one attached hydrogen (secondary N) is 1. The molecule has 4 aromatic carbocycles. The van der Waals surface area contributed by atoms with E-state index in [2.05, 4.69) is 15.7 Å². The lowest BCUT2D eigenvalue weighted by Gasteiger charge is -2.07. The number of carbonyl (C=O) groups is 2. The van der Waals surface area contributed by atoms with E-state index >= 15 is 0 Å². The molecule has 4 aromatic rings. The van der Waals surface area contributed by atoms with Crippen molar-refractivity contribution in [1.82, 2.24) is 0 Å². The van der Waals surface area contributed by atoms with Crippen molar-refractivity contribution in [2.75, 3.05) is 12.6 Å². The fraction of sp³-hybridized carbons (Fsp3) is 0.0400. The minimum absolute atomic E-state index is 0.385. The second-order valence-corrected chi connectivity index (χ2v) is 6.83. The summed E-state index contributed by atoms with van der Waals surface area (Å²) in [5.41, 5.74) is 4.48. The van der Waals surface area contributed by atoms with Crippen molar-refractivity contribution < 1.29 is 19.2 Å². The van der Waals surface area contributed by atoms with Gasteiger partial charge in [-0.25, -0.2) is 10.3 Å². The van der Waals surface area contributed by atoms with Crippen LogP contribution in [0.15, 0.2) is 101 Å². The van der Waals surface area contributed by atoms with Crippen LogP contribution in [0.4, 0.5) is 11.4 Å². The van der Waals surface area contributed by atoms with Crippen LogP contribution in [0.1, 0.15) is 20.7 Å². The fourth-order valence-corrected chi connectivity index (χ4v) is 2.97. The number of hydrogen-bond donors (Lipinski definition) is 1. The summed E-state index contributed by atoms with van der Waals surface area (Å²) in [6.45, 7) is 0. The molecule has 32 heavy (non-hydrogen) atoms. The summed E-state index contributed by atoms with van der Waals surface area (Å²) in [7, 11) is 1.55. The second kappa shape index (κ2) is 9.53. The van der Waals surface area contributed by atoms with Gasteiger partial charge in [0.05, 0.1) is 24.0 Å². The van der Waals surface area contributed by atoms with Crippen LogP contribution in [-0.4, -0.2) is 19.0 Å². The van der Waals surface area contributed by atoms with Crippen molar-refractivity contribution in [3.8, 4) is 5.75 Å². The Balaban J connectivity index is 1.34. The Bertz CT molecular complexity index is 1280. The molecule has 0 aliphatic rings. The molecule has 4 rings (SSSR count). The van der Waals surface area contributed by atoms with Crippen LogP contribution >= 0.6 is 0 Å². The molecule has 0 saturated carbocycles. The first-order valence-electron chi connectivity index (χ1n) is 9.78. The average Bonchev–Trinajstić information content (AvgIpc) is 2.86. The molecule has 0 radical (unpaired) electrons. The molecule has 7 nitrogen and oxygen atoms in total. The van der Waals surface area contributed by atoms with Crippen LogP contribution in [0, 0.1) is 0 Å². The number of hydrogen-bond acceptors (Lipinski definition) is 6. The van der Waals surface area contributed by atoms with E-state index in [1.54, 1.807) is 67.8 Å². The average molecular weight is 425 g/mol. The van der Waals surface area contributed by atoms with E-state index in [4.69, 9.17) is 9.57 Å². The van der Waals surface area contributed by atoms with Crippen molar-refractivity contribution in [3.63, 3.8) is 0 Å². The van der Waals surface area contributed by atoms with Crippen molar-refractivity contribution in [2.24, 2.45) is 10.2 Å². The monoisotopic (exact) mass is 425 g/mol. The van der Waals surface area contributed by atoms with E-state index < -0.39 is 11.9 Å². The maximum atomic E-state index is 12.3. The van der Waals surface area contributed by atoms with E-state index in [1.165, 1.54) is 0 Å². The predicted molar refractivity (Wildman–Crippen MR) is 121 cm³/mol. The molecule has 0 atom stereocenters. The van der Waals surface area contributed by atoms with Crippen molar-refractivity contribution >= 4 is 34.0 Å². The number of methoxy groups -OCH3 is 1. The van der Waals surface area contributed by atoms with Crippen LogP contribution in [0.5, 0.6) is 5.75 Å². The highest BCUT2D eigenvalue weighted by Crippen LogP contribution is 2.20. The molecule has 0 unspecified atom stereocenters. The third-order valence-electron chi connectivity index (χ3n) is 4.71. The van der Waals surface area contributed by atoms with Gasteiger partial charge < -0.3 is 9.57 Å². The first-order valence-corrected chi connectivity index (χ1v) is 9.78. The number of azo groups is 1. The summed E-state index contributed by atoms with van der Waals surface area (Å²) in [6.07, 6.45) is 0. The lowest BCUT2D eigenvalue weighted by atomic mass is 10.1. The molecule has 0 aliphatic heterocycles. The van der Waals surface area contributed by atoms with Gasteiger partial charge in [0, 0.05) is 5.56 Å². The van der Waals surface area contributed by atoms with Crippen LogP contribution < -0.4 is 10.2 Å². The Kier molecular flexibility index (Phi) is 6.17. The molecule has 0 aliphatic carbocycles. The molecule has 0 bridgehead atoms. The molecular weight excluding hydrogens is 406 g/mol. The van der Waals surface area contributed by atoms with Crippen molar-refractivity contribution in [3.05, 3.63) is 102 Å². The number of ether oxygens (including phenoxy) is 1. The number of carbonyl (C=O) groups excluding carboxylic acids is 2. The van der Waals surface area contributed by atoms with Crippen LogP contribution in [0.2, 0.25) is 0 Å². The summed E-state index contributed by atoms with van der Waals surface area (Å²) >= 11 is 0. The lowest BCUT2D eigenvalue weighted by molar-refractivity contribution is 0.0596. The predicted octanol–water partition coefficient (Wildman–Crippen LogP) is 5.96. The van der Waals surface area contributed by atoms with Gasteiger partial charge in [0.2, 0.25) is 0 Å². The van der Waals surface area contributed by atoms with Gasteiger partial charge in [-0.05, 0) is 71.4 Å². The SMILES string of the molecule is COc1ccc(C(=O)ONc2ccc(N=NC(=O)c3ccc4ccccc4c3)cc2)cc1. The quantitative estimate of drug-likeness (QED) is 0.304. The van der Waals surface area contributed by atoms with Crippen molar-refractivity contribution in [1.29, 1.82) is 0 Å². The summed E-state index contributed by atoms with van der Waals surface area (Å²) in [5.74, 6) is -0.304. The van der Waals surface area contributed by atoms with Crippen LogP contribution in [0.3, 0.4) is 0 Å². The van der Waals surface area contributed by atoms with Gasteiger partial charge in [0.1, 0.15) is 5.75 Å². The number of fused-ring (bicyclic) bond motifs is 1. The molecule has 1 N–H and O–H groups in total. The molecule has 0 fully saturated rings. The zero-order chi connectivity index (χ0) is 22.3. The van der Waals surface area contributed by atoms with E-state index in [9.17, 15) is 9.59 Å². The largest absolute Gasteiger partial charge is 0.497 e. The van der Waals surface area contributed by atoms with E-state index in [-0.39, 0.29) is 0 Å². The maximum absolute atomic E-state index is 12.3. The van der Waals surface area contributed by atoms with Crippen LogP contribution in [-0.2, 0) is 4.84 Å². The summed E-state index contributed by atoms with van der Waals surface area (Å²) in [5, 5.41) is 9.81. The molecule has 0 heterocycles. The minimum atomic E-state index is -0.530. The molecule has 1 amide bonds. The number of rotatable bonds is 6. The summed E-state index contributed by atoms with van der Waals surface area (Å²) < 4.78 is 5.06. The second-order valence-electron chi connectivity index (χ2n) is 6.83. The number of anilines is 1. The normalized spacial score (nSPS) is 10.8. The first kappa shape index (κ1) is 20.7. The molecule has 0 aromatic heterocycles. The van der Waals surface area contributed by atoms with Gasteiger partial charge in [-0.1, -0.05) is 30.3 Å². The molecule has 158 valence electrons. The third-order valence-corrected chi connectivity index (χ3v) is 4.71. The highest BCUT2D eigenvalue weighted by molar-refractivity contribution is 5.99. The standard InChI is InChI=1S/C25H19N3O4/c1-31-23-14-8-18(9-15-23)25(30)32-28-22-12-10-21(11-13-22)26-27-24(29)20-7-6-17-4-2-3-5-19(17)16-20/h2-16,28H,1H3. The fourth-order valence-electron chi connectivity index (χ4n) is 2.97. The van der Waals surface area contributed by atoms with E-state index in [1.807, 2.05) is 30.3 Å². The third kappa shape index (κ3) is 4.96. The van der Waals surface area contributed by atoms with Crippen LogP contribution in [0.25, 0.3) is 10.8 Å². The van der Waals surface area contributed by atoms with Gasteiger partial charge >= 0.3 is 5.97 Å². The Hall–Kier alpha value is -4.52. The van der Waals surface area contributed by atoms with Gasteiger partial charge in [0.25, 0.3) is 5.91 Å². The van der Waals surface area contributed by atoms with E-state index in [0.29, 0.717) is 28.3 Å². The van der Waals surface area contributed by atoms with Gasteiger partial charge in [-0.2, -0.15) is 0 Å². The molecule has 0 saturated heterocycles. The topological polar surface area (TPSA) is 89.3 Å². The zero-order valence-corrected chi connectivity index (χ0v) is 17.2. The highest BCUT2D eigenvalue weighted by atomic mass is 16.7. The number of nitrogens with zero attached hydrogens (tertiary/aromatic N) is 2. The zero-order valence-electron chi connectivity index (χ0n) is 17.2. The molecule has 7 heteroatoms. The van der Waals surface area contributed by atoms with Gasteiger partial charge in [-0.15, -0.1) is 10.2 Å². The highest BCUT2D eigenvalue weighted by Gasteiger charge is 2.08. The van der Waals surface area contributed by atoms with Crippen molar-refractivity contribution in [2.45, 2.75) is 0 Å². The Morgan fingerprint density at radius 1 is 0.781 bits per heavy atom. The van der Waals surface area contributed by atoms with Gasteiger partial charge in [0.15, 0.2) is 0 Å². The Morgan fingerprint density at radius 2 is 1.47 bits per heavy atom. The Labute approximate surface area is 184 Å². The van der Waals surface area contributed by atoms with E-state index in [0.717, 1.165) is 10.8 Å². The minimum Gasteiger partial charge on any atom is -0.497 e. The lowest BCUT2D eigenvalue weighted by Crippen LogP contribution is -2.10.